The van der Waals surface area contributed by atoms with Gasteiger partial charge in [0.2, 0.25) is 10.0 Å². The third-order valence-corrected chi connectivity index (χ3v) is 6.23. The number of nitrogens with zero attached hydrogens (tertiary/aromatic N) is 2. The van der Waals surface area contributed by atoms with E-state index >= 15 is 0 Å². The molecule has 0 amide bonds. The van der Waals surface area contributed by atoms with E-state index in [1.807, 2.05) is 0 Å². The van der Waals surface area contributed by atoms with Crippen molar-refractivity contribution in [2.45, 2.75) is 43.2 Å². The zero-order chi connectivity index (χ0) is 15.7. The Morgan fingerprint density at radius 2 is 2.09 bits per heavy atom. The quantitative estimate of drug-likeness (QED) is 0.941. The molecule has 2 unspecified atom stereocenters. The van der Waals surface area contributed by atoms with Crippen LogP contribution in [0.5, 0.6) is 0 Å². The van der Waals surface area contributed by atoms with Crippen molar-refractivity contribution in [3.63, 3.8) is 0 Å². The number of hydrogen-bond donors (Lipinski definition) is 1. The van der Waals surface area contributed by atoms with Crippen LogP contribution in [0.15, 0.2) is 41.4 Å². The Hall–Kier alpha value is -1.50. The summed E-state index contributed by atoms with van der Waals surface area (Å²) in [5.41, 5.74) is 0.661. The fourth-order valence-corrected chi connectivity index (χ4v) is 5.10. The molecule has 0 bridgehead atoms. The summed E-state index contributed by atoms with van der Waals surface area (Å²) in [7, 11) is -3.65. The topological polar surface area (TPSA) is 70.5 Å². The largest absolute Gasteiger partial charge is 0.392 e. The van der Waals surface area contributed by atoms with Gasteiger partial charge in [0, 0.05) is 18.1 Å². The third kappa shape index (κ3) is 2.62. The lowest BCUT2D eigenvalue weighted by Gasteiger charge is -2.36. The molecule has 1 aliphatic rings. The van der Waals surface area contributed by atoms with Crippen LogP contribution in [-0.2, 0) is 10.0 Å². The number of piperidine rings is 1. The predicted molar refractivity (Wildman–Crippen MR) is 85.0 cm³/mol. The standard InChI is InChI=1S/C16H20N2O3S/c1-12(19)15-8-2-3-11-18(15)22(20,21)16-9-4-7-14-13(16)6-5-10-17-14/h4-7,9-10,12,15,19H,2-3,8,11H2,1H3. The van der Waals surface area contributed by atoms with Gasteiger partial charge in [-0.05, 0) is 44.0 Å². The number of aliphatic hydroxyl groups excluding tert-OH is 1. The molecule has 2 heterocycles. The Morgan fingerprint density at radius 1 is 1.27 bits per heavy atom. The molecule has 1 N–H and O–H groups in total. The van der Waals surface area contributed by atoms with Gasteiger partial charge in [0.05, 0.1) is 22.6 Å². The smallest absolute Gasteiger partial charge is 0.244 e. The van der Waals surface area contributed by atoms with E-state index in [-0.39, 0.29) is 10.9 Å². The molecule has 0 saturated carbocycles. The molecule has 1 aromatic heterocycles. The second-order valence-electron chi connectivity index (χ2n) is 5.75. The highest BCUT2D eigenvalue weighted by Crippen LogP contribution is 2.30. The Kier molecular flexibility index (Phi) is 4.16. The van der Waals surface area contributed by atoms with Gasteiger partial charge in [0.15, 0.2) is 0 Å². The van der Waals surface area contributed by atoms with Crippen LogP contribution in [0, 0.1) is 0 Å². The van der Waals surface area contributed by atoms with E-state index in [0.29, 0.717) is 23.9 Å². The molecule has 1 aliphatic heterocycles. The van der Waals surface area contributed by atoms with Crippen LogP contribution < -0.4 is 0 Å². The van der Waals surface area contributed by atoms with Gasteiger partial charge in [-0.25, -0.2) is 8.42 Å². The van der Waals surface area contributed by atoms with Crippen molar-refractivity contribution in [3.8, 4) is 0 Å². The zero-order valence-electron chi connectivity index (χ0n) is 12.5. The van der Waals surface area contributed by atoms with Gasteiger partial charge in [0.25, 0.3) is 0 Å². The normalized spacial score (nSPS) is 21.8. The molecule has 6 heteroatoms. The minimum Gasteiger partial charge on any atom is -0.392 e. The first-order valence-corrected chi connectivity index (χ1v) is 8.99. The fraction of sp³-hybridized carbons (Fsp3) is 0.438. The van der Waals surface area contributed by atoms with Crippen molar-refractivity contribution >= 4 is 20.9 Å². The monoisotopic (exact) mass is 320 g/mol. The van der Waals surface area contributed by atoms with E-state index < -0.39 is 16.1 Å². The molecule has 22 heavy (non-hydrogen) atoms. The SMILES string of the molecule is CC(O)C1CCCCN1S(=O)(=O)c1cccc2ncccc12. The van der Waals surface area contributed by atoms with Crippen molar-refractivity contribution in [1.82, 2.24) is 9.29 Å². The van der Waals surface area contributed by atoms with Gasteiger partial charge >= 0.3 is 0 Å². The van der Waals surface area contributed by atoms with Crippen molar-refractivity contribution in [1.29, 1.82) is 0 Å². The van der Waals surface area contributed by atoms with Crippen molar-refractivity contribution in [2.75, 3.05) is 6.54 Å². The van der Waals surface area contributed by atoms with Crippen LogP contribution >= 0.6 is 0 Å². The van der Waals surface area contributed by atoms with Crippen LogP contribution in [0.2, 0.25) is 0 Å². The summed E-state index contributed by atoms with van der Waals surface area (Å²) in [5.74, 6) is 0. The summed E-state index contributed by atoms with van der Waals surface area (Å²) >= 11 is 0. The Bertz CT molecular complexity index is 769. The molecular formula is C16H20N2O3S. The van der Waals surface area contributed by atoms with E-state index in [9.17, 15) is 13.5 Å². The Balaban J connectivity index is 2.11. The minimum absolute atomic E-state index is 0.269. The molecule has 1 aromatic carbocycles. The van der Waals surface area contributed by atoms with Crippen LogP contribution in [0.4, 0.5) is 0 Å². The number of aliphatic hydroxyl groups is 1. The van der Waals surface area contributed by atoms with Gasteiger partial charge in [-0.15, -0.1) is 0 Å². The summed E-state index contributed by atoms with van der Waals surface area (Å²) in [5, 5.41) is 10.6. The molecule has 0 aliphatic carbocycles. The number of pyridine rings is 1. The molecular weight excluding hydrogens is 300 g/mol. The van der Waals surface area contributed by atoms with Gasteiger partial charge in [0.1, 0.15) is 0 Å². The number of sulfonamides is 1. The Morgan fingerprint density at radius 3 is 2.86 bits per heavy atom. The number of benzene rings is 1. The predicted octanol–water partition coefficient (Wildman–Crippen LogP) is 2.16. The van der Waals surface area contributed by atoms with Gasteiger partial charge in [-0.1, -0.05) is 12.5 Å². The van der Waals surface area contributed by atoms with Crippen LogP contribution in [0.25, 0.3) is 10.9 Å². The lowest BCUT2D eigenvalue weighted by Crippen LogP contribution is -2.48. The molecule has 1 saturated heterocycles. The highest BCUT2D eigenvalue weighted by atomic mass is 32.2. The lowest BCUT2D eigenvalue weighted by atomic mass is 10.0. The van der Waals surface area contributed by atoms with Gasteiger partial charge in [-0.2, -0.15) is 4.31 Å². The lowest BCUT2D eigenvalue weighted by molar-refractivity contribution is 0.0831. The average molecular weight is 320 g/mol. The van der Waals surface area contributed by atoms with E-state index in [4.69, 9.17) is 0 Å². The number of rotatable bonds is 3. The Labute approximate surface area is 130 Å². The summed E-state index contributed by atoms with van der Waals surface area (Å²) in [6.45, 7) is 2.11. The van der Waals surface area contributed by atoms with Crippen LogP contribution in [-0.4, -0.2) is 41.5 Å². The van der Waals surface area contributed by atoms with Crippen molar-refractivity contribution < 1.29 is 13.5 Å². The van der Waals surface area contributed by atoms with E-state index in [1.165, 1.54) is 4.31 Å². The average Bonchev–Trinajstić information content (AvgIpc) is 2.54. The van der Waals surface area contributed by atoms with E-state index in [1.54, 1.807) is 43.5 Å². The fourth-order valence-electron chi connectivity index (χ4n) is 3.14. The molecule has 118 valence electrons. The van der Waals surface area contributed by atoms with Gasteiger partial charge < -0.3 is 5.11 Å². The van der Waals surface area contributed by atoms with Crippen LogP contribution in [0.1, 0.15) is 26.2 Å². The summed E-state index contributed by atoms with van der Waals surface area (Å²) in [6.07, 6.45) is 3.44. The van der Waals surface area contributed by atoms with E-state index in [0.717, 1.165) is 12.8 Å². The second kappa shape index (κ2) is 5.95. The highest BCUT2D eigenvalue weighted by Gasteiger charge is 2.36. The van der Waals surface area contributed by atoms with Crippen molar-refractivity contribution in [3.05, 3.63) is 36.5 Å². The highest BCUT2D eigenvalue weighted by molar-refractivity contribution is 7.89. The molecule has 2 atom stereocenters. The summed E-state index contributed by atoms with van der Waals surface area (Å²) < 4.78 is 27.7. The molecule has 1 fully saturated rings. The minimum atomic E-state index is -3.65. The second-order valence-corrected chi connectivity index (χ2v) is 7.60. The molecule has 0 radical (unpaired) electrons. The maximum atomic E-state index is 13.1. The zero-order valence-corrected chi connectivity index (χ0v) is 13.3. The van der Waals surface area contributed by atoms with Crippen LogP contribution in [0.3, 0.4) is 0 Å². The first kappa shape index (κ1) is 15.4. The number of fused-ring (bicyclic) bond motifs is 1. The summed E-state index contributed by atoms with van der Waals surface area (Å²) in [4.78, 5) is 4.49. The first-order chi connectivity index (χ1) is 10.5. The molecule has 0 spiro atoms. The van der Waals surface area contributed by atoms with Crippen molar-refractivity contribution in [2.24, 2.45) is 0 Å². The third-order valence-electron chi connectivity index (χ3n) is 4.25. The number of aromatic nitrogens is 1. The molecule has 3 rings (SSSR count). The summed E-state index contributed by atoms with van der Waals surface area (Å²) in [6, 6.07) is 8.29. The first-order valence-electron chi connectivity index (χ1n) is 7.55. The van der Waals surface area contributed by atoms with Gasteiger partial charge in [-0.3, -0.25) is 4.98 Å². The van der Waals surface area contributed by atoms with E-state index in [2.05, 4.69) is 4.98 Å². The number of hydrogen-bond acceptors (Lipinski definition) is 4. The maximum absolute atomic E-state index is 13.1. The maximum Gasteiger partial charge on any atom is 0.244 e. The molecule has 2 aromatic rings. The molecule has 5 nitrogen and oxygen atoms in total.